The highest BCUT2D eigenvalue weighted by Crippen LogP contribution is 2.27. The fourth-order valence-electron chi connectivity index (χ4n) is 2.83. The molecule has 2 heterocycles. The third kappa shape index (κ3) is 3.69. The third-order valence-corrected chi connectivity index (χ3v) is 4.04. The van der Waals surface area contributed by atoms with Crippen LogP contribution in [0.3, 0.4) is 0 Å². The Labute approximate surface area is 140 Å². The number of likely N-dealkylation sites (tertiary alicyclic amines) is 1. The zero-order chi connectivity index (χ0) is 17.1. The largest absolute Gasteiger partial charge is 0.339 e. The molecule has 0 spiro atoms. The summed E-state index contributed by atoms with van der Waals surface area (Å²) in [6, 6.07) is 5.97. The van der Waals surface area contributed by atoms with Crippen LogP contribution in [-0.4, -0.2) is 34.0 Å². The number of carbonyl (C=O) groups is 1. The van der Waals surface area contributed by atoms with E-state index in [1.165, 1.54) is 12.1 Å². The zero-order valence-corrected chi connectivity index (χ0v) is 13.8. The number of rotatable bonds is 3. The quantitative estimate of drug-likeness (QED) is 0.808. The Balaban J connectivity index is 1.74. The summed E-state index contributed by atoms with van der Waals surface area (Å²) in [5.74, 6) is 0.734. The molecular formula is C18H20FN3O2. The second-order valence-corrected chi connectivity index (χ2v) is 6.31. The van der Waals surface area contributed by atoms with Gasteiger partial charge in [-0.2, -0.15) is 4.98 Å². The molecular weight excluding hydrogens is 309 g/mol. The number of aromatic nitrogens is 2. The SMILES string of the molecule is CC(C)=CC(=O)N1CCCC(c2nc(-c3ccc(F)cc3)no2)C1. The number of halogens is 1. The van der Waals surface area contributed by atoms with Crippen molar-refractivity contribution in [2.24, 2.45) is 0 Å². The molecule has 24 heavy (non-hydrogen) atoms. The van der Waals surface area contributed by atoms with Gasteiger partial charge in [0.05, 0.1) is 5.92 Å². The van der Waals surface area contributed by atoms with Crippen LogP contribution in [0.2, 0.25) is 0 Å². The van der Waals surface area contributed by atoms with Gasteiger partial charge in [-0.3, -0.25) is 4.79 Å². The van der Waals surface area contributed by atoms with Crippen molar-refractivity contribution in [3.8, 4) is 11.4 Å². The first-order chi connectivity index (χ1) is 11.5. The first kappa shape index (κ1) is 16.4. The van der Waals surface area contributed by atoms with E-state index in [0.29, 0.717) is 23.8 Å². The standard InChI is InChI=1S/C18H20FN3O2/c1-12(2)10-16(23)22-9-3-4-14(11-22)18-20-17(21-24-18)13-5-7-15(19)8-6-13/h5-8,10,14H,3-4,9,11H2,1-2H3. The molecule has 1 atom stereocenters. The van der Waals surface area contributed by atoms with Crippen molar-refractivity contribution in [3.05, 3.63) is 47.6 Å². The Kier molecular flexibility index (Phi) is 4.74. The lowest BCUT2D eigenvalue weighted by Gasteiger charge is -2.30. The van der Waals surface area contributed by atoms with Crippen LogP contribution in [0, 0.1) is 5.82 Å². The second kappa shape index (κ2) is 6.95. The van der Waals surface area contributed by atoms with E-state index in [-0.39, 0.29) is 17.6 Å². The molecule has 0 N–H and O–H groups in total. The van der Waals surface area contributed by atoms with Crippen molar-refractivity contribution in [1.82, 2.24) is 15.0 Å². The van der Waals surface area contributed by atoms with E-state index < -0.39 is 0 Å². The highest BCUT2D eigenvalue weighted by atomic mass is 19.1. The fraction of sp³-hybridized carbons (Fsp3) is 0.389. The summed E-state index contributed by atoms with van der Waals surface area (Å²) in [6.45, 7) is 5.14. The first-order valence-corrected chi connectivity index (χ1v) is 8.06. The number of piperidine rings is 1. The maximum absolute atomic E-state index is 13.0. The Morgan fingerprint density at radius 1 is 1.33 bits per heavy atom. The molecule has 0 saturated carbocycles. The molecule has 3 rings (SSSR count). The van der Waals surface area contributed by atoms with Gasteiger partial charge in [0.25, 0.3) is 0 Å². The topological polar surface area (TPSA) is 59.2 Å². The van der Waals surface area contributed by atoms with Crippen molar-refractivity contribution in [2.75, 3.05) is 13.1 Å². The van der Waals surface area contributed by atoms with Gasteiger partial charge in [-0.15, -0.1) is 0 Å². The van der Waals surface area contributed by atoms with E-state index in [2.05, 4.69) is 10.1 Å². The van der Waals surface area contributed by atoms with Crippen molar-refractivity contribution < 1.29 is 13.7 Å². The monoisotopic (exact) mass is 329 g/mol. The van der Waals surface area contributed by atoms with E-state index in [9.17, 15) is 9.18 Å². The van der Waals surface area contributed by atoms with Gasteiger partial charge in [0.15, 0.2) is 0 Å². The molecule has 2 aromatic rings. The second-order valence-electron chi connectivity index (χ2n) is 6.31. The minimum Gasteiger partial charge on any atom is -0.339 e. The van der Waals surface area contributed by atoms with E-state index in [4.69, 9.17) is 4.52 Å². The number of nitrogens with zero attached hydrogens (tertiary/aromatic N) is 3. The smallest absolute Gasteiger partial charge is 0.246 e. The van der Waals surface area contributed by atoms with Gasteiger partial charge in [-0.1, -0.05) is 10.7 Å². The Morgan fingerprint density at radius 2 is 2.08 bits per heavy atom. The number of amides is 1. The number of benzene rings is 1. The van der Waals surface area contributed by atoms with Crippen LogP contribution in [0.4, 0.5) is 4.39 Å². The minimum atomic E-state index is -0.303. The normalized spacial score (nSPS) is 17.6. The van der Waals surface area contributed by atoms with Crippen molar-refractivity contribution in [3.63, 3.8) is 0 Å². The van der Waals surface area contributed by atoms with Crippen molar-refractivity contribution in [2.45, 2.75) is 32.6 Å². The van der Waals surface area contributed by atoms with Crippen LogP contribution in [0.15, 0.2) is 40.4 Å². The summed E-state index contributed by atoms with van der Waals surface area (Å²) < 4.78 is 18.4. The van der Waals surface area contributed by atoms with E-state index in [0.717, 1.165) is 25.0 Å². The Morgan fingerprint density at radius 3 is 2.79 bits per heavy atom. The third-order valence-electron chi connectivity index (χ3n) is 4.04. The van der Waals surface area contributed by atoms with Crippen LogP contribution in [-0.2, 0) is 4.79 Å². The molecule has 1 saturated heterocycles. The molecule has 1 aliphatic heterocycles. The summed E-state index contributed by atoms with van der Waals surface area (Å²) >= 11 is 0. The van der Waals surface area contributed by atoms with Gasteiger partial charge in [-0.05, 0) is 51.0 Å². The summed E-state index contributed by atoms with van der Waals surface area (Å²) in [6.07, 6.45) is 3.46. The van der Waals surface area contributed by atoms with Crippen molar-refractivity contribution in [1.29, 1.82) is 0 Å². The summed E-state index contributed by atoms with van der Waals surface area (Å²) in [4.78, 5) is 18.4. The van der Waals surface area contributed by atoms with Gasteiger partial charge in [0, 0.05) is 24.7 Å². The number of carbonyl (C=O) groups excluding carboxylic acids is 1. The van der Waals surface area contributed by atoms with E-state index in [1.54, 1.807) is 18.2 Å². The van der Waals surface area contributed by atoms with Gasteiger partial charge in [0.1, 0.15) is 5.82 Å². The summed E-state index contributed by atoms with van der Waals surface area (Å²) in [5, 5.41) is 3.99. The number of allylic oxidation sites excluding steroid dienone is 1. The molecule has 1 unspecified atom stereocenters. The molecule has 0 aliphatic carbocycles. The van der Waals surface area contributed by atoms with Gasteiger partial charge in [0.2, 0.25) is 17.6 Å². The van der Waals surface area contributed by atoms with E-state index in [1.807, 2.05) is 18.7 Å². The molecule has 5 nitrogen and oxygen atoms in total. The molecule has 0 bridgehead atoms. The lowest BCUT2D eigenvalue weighted by atomic mass is 9.97. The Bertz CT molecular complexity index is 748. The molecule has 0 radical (unpaired) electrons. The Hall–Kier alpha value is -2.50. The van der Waals surface area contributed by atoms with Crippen LogP contribution in [0.25, 0.3) is 11.4 Å². The van der Waals surface area contributed by atoms with Crippen LogP contribution >= 0.6 is 0 Å². The molecule has 1 aliphatic rings. The molecule has 1 amide bonds. The molecule has 1 aromatic heterocycles. The average Bonchev–Trinajstić information content (AvgIpc) is 3.05. The van der Waals surface area contributed by atoms with Crippen LogP contribution in [0.1, 0.15) is 38.5 Å². The number of hydrogen-bond donors (Lipinski definition) is 0. The first-order valence-electron chi connectivity index (χ1n) is 8.06. The number of hydrogen-bond acceptors (Lipinski definition) is 4. The van der Waals surface area contributed by atoms with Crippen LogP contribution < -0.4 is 0 Å². The zero-order valence-electron chi connectivity index (χ0n) is 13.8. The lowest BCUT2D eigenvalue weighted by molar-refractivity contribution is -0.127. The van der Waals surface area contributed by atoms with Gasteiger partial charge >= 0.3 is 0 Å². The highest BCUT2D eigenvalue weighted by Gasteiger charge is 2.28. The van der Waals surface area contributed by atoms with E-state index >= 15 is 0 Å². The average molecular weight is 329 g/mol. The van der Waals surface area contributed by atoms with Gasteiger partial charge < -0.3 is 9.42 Å². The molecule has 126 valence electrons. The highest BCUT2D eigenvalue weighted by molar-refractivity contribution is 5.88. The maximum Gasteiger partial charge on any atom is 0.246 e. The predicted octanol–water partition coefficient (Wildman–Crippen LogP) is 3.55. The predicted molar refractivity (Wildman–Crippen MR) is 87.7 cm³/mol. The summed E-state index contributed by atoms with van der Waals surface area (Å²) in [5.41, 5.74) is 1.69. The van der Waals surface area contributed by atoms with Crippen molar-refractivity contribution >= 4 is 5.91 Å². The van der Waals surface area contributed by atoms with Crippen LogP contribution in [0.5, 0.6) is 0 Å². The molecule has 6 heteroatoms. The van der Waals surface area contributed by atoms with Gasteiger partial charge in [-0.25, -0.2) is 4.39 Å². The molecule has 1 fully saturated rings. The summed E-state index contributed by atoms with van der Waals surface area (Å²) in [7, 11) is 0. The minimum absolute atomic E-state index is 0.0259. The molecule has 1 aromatic carbocycles. The lowest BCUT2D eigenvalue weighted by Crippen LogP contribution is -2.38. The fourth-order valence-corrected chi connectivity index (χ4v) is 2.83. The maximum atomic E-state index is 13.0.